The summed E-state index contributed by atoms with van der Waals surface area (Å²) in [5.74, 6) is -1.43. The van der Waals surface area contributed by atoms with Crippen LogP contribution in [0.2, 0.25) is 0 Å². The zero-order chi connectivity index (χ0) is 26.9. The molecule has 2 heterocycles. The van der Waals surface area contributed by atoms with E-state index in [0.717, 1.165) is 42.3 Å². The smallest absolute Gasteiger partial charge is 0.330 e. The molecule has 0 aliphatic carbocycles. The molecule has 200 valence electrons. The summed E-state index contributed by atoms with van der Waals surface area (Å²) in [5.41, 5.74) is 1.26. The average Bonchev–Trinajstić information content (AvgIpc) is 3.36. The Morgan fingerprint density at radius 1 is 1.08 bits per heavy atom. The van der Waals surface area contributed by atoms with Crippen LogP contribution < -0.4 is 4.90 Å². The first-order valence-electron chi connectivity index (χ1n) is 12.4. The van der Waals surface area contributed by atoms with Gasteiger partial charge in [-0.2, -0.15) is 0 Å². The van der Waals surface area contributed by atoms with Crippen LogP contribution >= 0.6 is 24.0 Å². The van der Waals surface area contributed by atoms with E-state index in [0.29, 0.717) is 28.9 Å². The van der Waals surface area contributed by atoms with Crippen LogP contribution in [0.4, 0.5) is 5.69 Å². The third kappa shape index (κ3) is 6.91. The predicted octanol–water partition coefficient (Wildman–Crippen LogP) is 3.43. The SMILES string of the molecule is C=CC(=O)OCC(O)COC(=O)CN1C(=C2C(=O)N(CCCC)C(=S)N2CCCC)Sc2ccccc21. The molecular weight excluding hydrogens is 514 g/mol. The highest BCUT2D eigenvalue weighted by molar-refractivity contribution is 8.03. The van der Waals surface area contributed by atoms with Gasteiger partial charge in [0.15, 0.2) is 5.11 Å². The molecule has 9 nitrogen and oxygen atoms in total. The van der Waals surface area contributed by atoms with Crippen LogP contribution in [-0.4, -0.2) is 76.8 Å². The first-order valence-corrected chi connectivity index (χ1v) is 13.6. The number of thioether (sulfide) groups is 1. The Labute approximate surface area is 227 Å². The van der Waals surface area contributed by atoms with Gasteiger partial charge < -0.3 is 24.4 Å². The summed E-state index contributed by atoms with van der Waals surface area (Å²) < 4.78 is 10.0. The minimum atomic E-state index is -1.17. The summed E-state index contributed by atoms with van der Waals surface area (Å²) in [5, 5.41) is 11.1. The number of nitrogens with zero attached hydrogens (tertiary/aromatic N) is 3. The average molecular weight is 548 g/mol. The standard InChI is InChI=1S/C26H33N3O6S2/c1-4-7-13-27-23(24(33)28(26(27)36)14-8-5-2)25-29(19-11-9-10-12-20(19)37-25)15-22(32)35-17-18(30)16-34-21(31)6-3/h6,9-12,18,30H,3-5,7-8,13-17H2,1-2H3. The van der Waals surface area contributed by atoms with Crippen LogP contribution in [0.25, 0.3) is 0 Å². The fourth-order valence-electron chi connectivity index (χ4n) is 3.83. The first-order chi connectivity index (χ1) is 17.8. The van der Waals surface area contributed by atoms with Crippen molar-refractivity contribution in [2.45, 2.75) is 50.5 Å². The van der Waals surface area contributed by atoms with E-state index in [-0.39, 0.29) is 25.7 Å². The lowest BCUT2D eigenvalue weighted by Gasteiger charge is -2.24. The number of hydrogen-bond donors (Lipinski definition) is 1. The van der Waals surface area contributed by atoms with Gasteiger partial charge in [-0.3, -0.25) is 14.5 Å². The Hall–Kier alpha value is -2.89. The Balaban J connectivity index is 1.85. The van der Waals surface area contributed by atoms with E-state index in [2.05, 4.69) is 20.4 Å². The molecule has 2 aliphatic heterocycles. The van der Waals surface area contributed by atoms with Crippen molar-refractivity contribution < 1.29 is 29.0 Å². The number of ether oxygens (including phenoxy) is 2. The van der Waals surface area contributed by atoms with Gasteiger partial charge in [-0.15, -0.1) is 0 Å². The fraction of sp³-hybridized carbons (Fsp3) is 0.462. The van der Waals surface area contributed by atoms with Gasteiger partial charge in [0, 0.05) is 24.1 Å². The molecule has 1 aromatic rings. The highest BCUT2D eigenvalue weighted by Gasteiger charge is 2.43. The van der Waals surface area contributed by atoms with Crippen LogP contribution in [0, 0.1) is 0 Å². The molecule has 0 radical (unpaired) electrons. The number of anilines is 1. The maximum absolute atomic E-state index is 13.6. The number of carbonyl (C=O) groups excluding carboxylic acids is 3. The van der Waals surface area contributed by atoms with Crippen molar-refractivity contribution in [2.24, 2.45) is 0 Å². The van der Waals surface area contributed by atoms with Gasteiger partial charge in [0.25, 0.3) is 5.91 Å². The van der Waals surface area contributed by atoms with E-state index in [1.807, 2.05) is 29.2 Å². The summed E-state index contributed by atoms with van der Waals surface area (Å²) >= 11 is 7.14. The molecule has 1 aromatic carbocycles. The minimum absolute atomic E-state index is 0.164. The molecule has 0 aromatic heterocycles. The van der Waals surface area contributed by atoms with Crippen LogP contribution in [0.15, 0.2) is 52.5 Å². The molecule has 3 rings (SSSR count). The van der Waals surface area contributed by atoms with Gasteiger partial charge in [-0.05, 0) is 37.2 Å². The van der Waals surface area contributed by atoms with Crippen LogP contribution in [0.1, 0.15) is 39.5 Å². The number of thiocarbonyl (C=S) groups is 1. The monoisotopic (exact) mass is 547 g/mol. The minimum Gasteiger partial charge on any atom is -0.461 e. The Kier molecular flexibility index (Phi) is 10.5. The molecule has 1 N–H and O–H groups in total. The molecule has 1 saturated heterocycles. The summed E-state index contributed by atoms with van der Waals surface area (Å²) in [6.45, 7) is 7.76. The van der Waals surface area contributed by atoms with E-state index >= 15 is 0 Å². The van der Waals surface area contributed by atoms with Crippen molar-refractivity contribution in [3.63, 3.8) is 0 Å². The van der Waals surface area contributed by atoms with Gasteiger partial charge in [0.05, 0.1) is 5.69 Å². The predicted molar refractivity (Wildman–Crippen MR) is 146 cm³/mol. The number of amides is 1. The second kappa shape index (κ2) is 13.6. The van der Waals surface area contributed by atoms with Crippen LogP contribution in [0.3, 0.4) is 0 Å². The maximum atomic E-state index is 13.6. The quantitative estimate of drug-likeness (QED) is 0.225. The molecule has 37 heavy (non-hydrogen) atoms. The summed E-state index contributed by atoms with van der Waals surface area (Å²) in [6, 6.07) is 7.59. The number of unbranched alkanes of at least 4 members (excludes halogenated alkanes) is 2. The Morgan fingerprint density at radius 3 is 2.41 bits per heavy atom. The molecule has 1 amide bonds. The molecule has 0 bridgehead atoms. The van der Waals surface area contributed by atoms with E-state index < -0.39 is 18.0 Å². The number of aliphatic hydroxyl groups excluding tert-OH is 1. The zero-order valence-electron chi connectivity index (χ0n) is 21.2. The van der Waals surface area contributed by atoms with E-state index in [9.17, 15) is 19.5 Å². The molecule has 1 fully saturated rings. The lowest BCUT2D eigenvalue weighted by Crippen LogP contribution is -2.34. The lowest BCUT2D eigenvalue weighted by molar-refractivity contribution is -0.148. The van der Waals surface area contributed by atoms with E-state index in [4.69, 9.17) is 21.7 Å². The second-order valence-electron chi connectivity index (χ2n) is 8.58. The van der Waals surface area contributed by atoms with Gasteiger partial charge in [-0.25, -0.2) is 4.79 Å². The van der Waals surface area contributed by atoms with Crippen molar-refractivity contribution in [1.29, 1.82) is 0 Å². The van der Waals surface area contributed by atoms with Crippen molar-refractivity contribution in [1.82, 2.24) is 9.80 Å². The number of carbonyl (C=O) groups is 3. The van der Waals surface area contributed by atoms with Gasteiger partial charge in [0.1, 0.15) is 36.6 Å². The lowest BCUT2D eigenvalue weighted by atomic mass is 10.2. The molecular formula is C26H33N3O6S2. The molecule has 0 spiro atoms. The van der Waals surface area contributed by atoms with Gasteiger partial charge >= 0.3 is 11.9 Å². The molecule has 0 saturated carbocycles. The largest absolute Gasteiger partial charge is 0.461 e. The number of hydrogen-bond acceptors (Lipinski definition) is 9. The molecule has 11 heteroatoms. The molecule has 2 aliphatic rings. The maximum Gasteiger partial charge on any atom is 0.330 e. The topological polar surface area (TPSA) is 99.6 Å². The number of aliphatic hydroxyl groups is 1. The summed E-state index contributed by atoms with van der Waals surface area (Å²) in [6.07, 6.45) is 3.39. The van der Waals surface area contributed by atoms with E-state index in [1.165, 1.54) is 11.8 Å². The van der Waals surface area contributed by atoms with Crippen molar-refractivity contribution in [3.8, 4) is 0 Å². The normalized spacial score (nSPS) is 17.8. The highest BCUT2D eigenvalue weighted by atomic mass is 32.2. The van der Waals surface area contributed by atoms with Crippen molar-refractivity contribution >= 4 is 52.6 Å². The third-order valence-electron chi connectivity index (χ3n) is 5.77. The summed E-state index contributed by atoms with van der Waals surface area (Å²) in [4.78, 5) is 43.8. The fourth-order valence-corrected chi connectivity index (χ4v) is 5.39. The number of benzene rings is 1. The number of esters is 2. The third-order valence-corrected chi connectivity index (χ3v) is 7.38. The second-order valence-corrected chi connectivity index (χ2v) is 9.97. The van der Waals surface area contributed by atoms with Crippen LogP contribution in [-0.2, 0) is 23.9 Å². The van der Waals surface area contributed by atoms with E-state index in [1.54, 1.807) is 9.80 Å². The Morgan fingerprint density at radius 2 is 1.73 bits per heavy atom. The highest BCUT2D eigenvalue weighted by Crippen LogP contribution is 2.48. The Bertz CT molecular complexity index is 1080. The number of para-hydroxylation sites is 1. The molecule has 1 atom stereocenters. The number of rotatable bonds is 13. The van der Waals surface area contributed by atoms with Gasteiger partial charge in [0.2, 0.25) is 0 Å². The zero-order valence-corrected chi connectivity index (χ0v) is 22.8. The van der Waals surface area contributed by atoms with Gasteiger partial charge in [-0.1, -0.05) is 57.2 Å². The van der Waals surface area contributed by atoms with Crippen molar-refractivity contribution in [3.05, 3.63) is 47.6 Å². The number of fused-ring (bicyclic) bond motifs is 1. The first kappa shape index (κ1) is 28.7. The summed E-state index contributed by atoms with van der Waals surface area (Å²) in [7, 11) is 0. The van der Waals surface area contributed by atoms with Crippen molar-refractivity contribution in [2.75, 3.05) is 37.7 Å². The molecule has 1 unspecified atom stereocenters. The van der Waals surface area contributed by atoms with Crippen LogP contribution in [0.5, 0.6) is 0 Å².